The fourth-order valence-electron chi connectivity index (χ4n) is 4.61. The molecule has 2 aliphatic carbocycles. The van der Waals surface area contributed by atoms with Crippen molar-refractivity contribution in [2.45, 2.75) is 57.2 Å². The van der Waals surface area contributed by atoms with Crippen molar-refractivity contribution in [3.8, 4) is 0 Å². The first-order valence-electron chi connectivity index (χ1n) is 9.74. The predicted molar refractivity (Wildman–Crippen MR) is 104 cm³/mol. The molecule has 5 heteroatoms. The van der Waals surface area contributed by atoms with E-state index >= 15 is 0 Å². The van der Waals surface area contributed by atoms with Crippen LogP contribution in [0.2, 0.25) is 0 Å². The molecule has 0 saturated heterocycles. The first-order chi connectivity index (χ1) is 13.1. The summed E-state index contributed by atoms with van der Waals surface area (Å²) in [5.74, 6) is 0.239. The fourth-order valence-corrected chi connectivity index (χ4v) is 4.61. The molecular formula is C22H24N2O3. The van der Waals surface area contributed by atoms with E-state index < -0.39 is 0 Å². The van der Waals surface area contributed by atoms with E-state index in [4.69, 9.17) is 0 Å². The number of nitro groups is 1. The van der Waals surface area contributed by atoms with Crippen molar-refractivity contribution in [1.82, 2.24) is 4.90 Å². The molecule has 0 radical (unpaired) electrons. The minimum absolute atomic E-state index is 0.125. The van der Waals surface area contributed by atoms with Gasteiger partial charge in [0, 0.05) is 42.7 Å². The fraction of sp³-hybridized carbons (Fsp3) is 0.409. The average Bonchev–Trinajstić information content (AvgIpc) is 3.22. The Bertz CT molecular complexity index is 841. The number of hydrogen-bond donors (Lipinski definition) is 0. The molecule has 1 saturated carbocycles. The summed E-state index contributed by atoms with van der Waals surface area (Å²) in [5, 5.41) is 10.9. The van der Waals surface area contributed by atoms with Gasteiger partial charge in [-0.1, -0.05) is 49.2 Å². The summed E-state index contributed by atoms with van der Waals surface area (Å²) in [6.07, 6.45) is 6.28. The second-order valence-corrected chi connectivity index (χ2v) is 7.60. The first-order valence-corrected chi connectivity index (χ1v) is 9.74. The number of fused-ring (bicyclic) bond motifs is 1. The van der Waals surface area contributed by atoms with Crippen LogP contribution in [0.3, 0.4) is 0 Å². The number of hydrogen-bond acceptors (Lipinski definition) is 4. The van der Waals surface area contributed by atoms with E-state index in [1.54, 1.807) is 12.1 Å². The Hall–Kier alpha value is -2.53. The van der Waals surface area contributed by atoms with E-state index in [0.29, 0.717) is 12.5 Å². The maximum Gasteiger partial charge on any atom is 0.269 e. The van der Waals surface area contributed by atoms with Crippen LogP contribution in [0.1, 0.15) is 66.1 Å². The predicted octanol–water partition coefficient (Wildman–Crippen LogP) is 5.06. The number of carbonyl (C=O) groups is 1. The first kappa shape index (κ1) is 17.9. The largest absolute Gasteiger partial charge is 0.294 e. The molecule has 4 rings (SSSR count). The van der Waals surface area contributed by atoms with Gasteiger partial charge in [-0.15, -0.1) is 0 Å². The molecule has 5 nitrogen and oxygen atoms in total. The lowest BCUT2D eigenvalue weighted by Crippen LogP contribution is -2.38. The smallest absolute Gasteiger partial charge is 0.269 e. The molecule has 2 aliphatic rings. The number of non-ortho nitro benzene ring substituents is 1. The zero-order valence-electron chi connectivity index (χ0n) is 15.3. The highest BCUT2D eigenvalue weighted by atomic mass is 16.6. The molecule has 140 valence electrons. The van der Waals surface area contributed by atoms with Crippen LogP contribution < -0.4 is 0 Å². The van der Waals surface area contributed by atoms with E-state index in [-0.39, 0.29) is 22.4 Å². The number of nitrogens with zero attached hydrogens (tertiary/aromatic N) is 2. The molecule has 2 aromatic carbocycles. The van der Waals surface area contributed by atoms with Gasteiger partial charge in [-0.2, -0.15) is 0 Å². The molecule has 2 aromatic rings. The van der Waals surface area contributed by atoms with Crippen LogP contribution in [0.5, 0.6) is 0 Å². The molecular weight excluding hydrogens is 340 g/mol. The SMILES string of the molecule is O=C1CCC(N(Cc2ccc([N+](=O)[O-])cc2)C2CCCC2)c2ccccc21. The Balaban J connectivity index is 1.65. The van der Waals surface area contributed by atoms with Crippen LogP contribution in [0.4, 0.5) is 5.69 Å². The Morgan fingerprint density at radius 3 is 2.41 bits per heavy atom. The molecule has 1 fully saturated rings. The van der Waals surface area contributed by atoms with E-state index in [2.05, 4.69) is 11.0 Å². The van der Waals surface area contributed by atoms with Crippen molar-refractivity contribution in [1.29, 1.82) is 0 Å². The van der Waals surface area contributed by atoms with Gasteiger partial charge < -0.3 is 0 Å². The van der Waals surface area contributed by atoms with Crippen molar-refractivity contribution in [3.63, 3.8) is 0 Å². The summed E-state index contributed by atoms with van der Waals surface area (Å²) < 4.78 is 0. The van der Waals surface area contributed by atoms with Crippen LogP contribution in [-0.2, 0) is 6.54 Å². The van der Waals surface area contributed by atoms with E-state index in [1.807, 2.05) is 30.3 Å². The summed E-state index contributed by atoms with van der Waals surface area (Å²) in [5.41, 5.74) is 3.21. The summed E-state index contributed by atoms with van der Waals surface area (Å²) in [7, 11) is 0. The van der Waals surface area contributed by atoms with Gasteiger partial charge in [-0.25, -0.2) is 0 Å². The van der Waals surface area contributed by atoms with Crippen LogP contribution in [-0.4, -0.2) is 21.6 Å². The molecule has 0 aliphatic heterocycles. The Morgan fingerprint density at radius 1 is 1.00 bits per heavy atom. The summed E-state index contributed by atoms with van der Waals surface area (Å²) in [4.78, 5) is 25.5. The van der Waals surface area contributed by atoms with Gasteiger partial charge >= 0.3 is 0 Å². The molecule has 0 bridgehead atoms. The van der Waals surface area contributed by atoms with Crippen LogP contribution >= 0.6 is 0 Å². The lowest BCUT2D eigenvalue weighted by Gasteiger charge is -2.39. The van der Waals surface area contributed by atoms with Crippen molar-refractivity contribution in [2.75, 3.05) is 0 Å². The zero-order chi connectivity index (χ0) is 18.8. The highest BCUT2D eigenvalue weighted by molar-refractivity contribution is 5.98. The summed E-state index contributed by atoms with van der Waals surface area (Å²) in [6, 6.07) is 15.6. The van der Waals surface area contributed by atoms with Crippen molar-refractivity contribution in [2.24, 2.45) is 0 Å². The molecule has 27 heavy (non-hydrogen) atoms. The van der Waals surface area contributed by atoms with E-state index in [1.165, 1.54) is 25.7 Å². The number of ketones is 1. The van der Waals surface area contributed by atoms with Gasteiger partial charge in [0.1, 0.15) is 0 Å². The van der Waals surface area contributed by atoms with Gasteiger partial charge in [0.2, 0.25) is 0 Å². The van der Waals surface area contributed by atoms with Crippen molar-refractivity contribution < 1.29 is 9.72 Å². The number of carbonyl (C=O) groups excluding carboxylic acids is 1. The Kier molecular flexibility index (Phi) is 5.03. The van der Waals surface area contributed by atoms with Gasteiger partial charge in [0.25, 0.3) is 5.69 Å². The van der Waals surface area contributed by atoms with Crippen LogP contribution in [0.15, 0.2) is 48.5 Å². The molecule has 0 amide bonds. The number of nitro benzene ring substituents is 1. The Morgan fingerprint density at radius 2 is 1.70 bits per heavy atom. The topological polar surface area (TPSA) is 63.5 Å². The summed E-state index contributed by atoms with van der Waals surface area (Å²) >= 11 is 0. The second-order valence-electron chi connectivity index (χ2n) is 7.60. The van der Waals surface area contributed by atoms with Gasteiger partial charge in [0.15, 0.2) is 5.78 Å². The molecule has 0 spiro atoms. The van der Waals surface area contributed by atoms with Crippen molar-refractivity contribution in [3.05, 3.63) is 75.3 Å². The van der Waals surface area contributed by atoms with Gasteiger partial charge in [-0.3, -0.25) is 19.8 Å². The molecule has 0 aromatic heterocycles. The second kappa shape index (κ2) is 7.61. The van der Waals surface area contributed by atoms with Crippen LogP contribution in [0, 0.1) is 10.1 Å². The minimum atomic E-state index is -0.360. The quantitative estimate of drug-likeness (QED) is 0.550. The van der Waals surface area contributed by atoms with E-state index in [0.717, 1.165) is 29.7 Å². The highest BCUT2D eigenvalue weighted by Gasteiger charge is 2.34. The number of benzene rings is 2. The maximum atomic E-state index is 12.4. The lowest BCUT2D eigenvalue weighted by atomic mass is 9.85. The number of rotatable bonds is 5. The molecule has 0 N–H and O–H groups in total. The number of Topliss-reactive ketones (excluding diaryl/α,β-unsaturated/α-hetero) is 1. The third-order valence-electron chi connectivity index (χ3n) is 5.97. The summed E-state index contributed by atoms with van der Waals surface area (Å²) in [6.45, 7) is 0.760. The standard InChI is InChI=1S/C22H24N2O3/c25-22-14-13-21(19-7-3-4-8-20(19)22)23(17-5-1-2-6-17)15-16-9-11-18(12-10-16)24(26)27/h3-4,7-12,17,21H,1-2,5-6,13-15H2. The highest BCUT2D eigenvalue weighted by Crippen LogP contribution is 2.39. The zero-order valence-corrected chi connectivity index (χ0v) is 15.3. The van der Waals surface area contributed by atoms with Crippen molar-refractivity contribution >= 4 is 11.5 Å². The van der Waals surface area contributed by atoms with Crippen LogP contribution in [0.25, 0.3) is 0 Å². The molecule has 1 unspecified atom stereocenters. The van der Waals surface area contributed by atoms with Gasteiger partial charge in [-0.05, 0) is 30.4 Å². The lowest BCUT2D eigenvalue weighted by molar-refractivity contribution is -0.384. The Labute approximate surface area is 159 Å². The monoisotopic (exact) mass is 364 g/mol. The van der Waals surface area contributed by atoms with E-state index in [9.17, 15) is 14.9 Å². The third kappa shape index (κ3) is 3.65. The average molecular weight is 364 g/mol. The minimum Gasteiger partial charge on any atom is -0.294 e. The third-order valence-corrected chi connectivity index (χ3v) is 5.97. The maximum absolute atomic E-state index is 12.4. The normalized spacial score (nSPS) is 20.0. The molecule has 0 heterocycles. The molecule has 1 atom stereocenters. The van der Waals surface area contributed by atoms with Gasteiger partial charge in [0.05, 0.1) is 4.92 Å².